The van der Waals surface area contributed by atoms with Crippen LogP contribution in [-0.4, -0.2) is 0 Å². The van der Waals surface area contributed by atoms with Crippen LogP contribution in [0.25, 0.3) is 10.1 Å². The Morgan fingerprint density at radius 2 is 2.08 bits per heavy atom. The van der Waals surface area contributed by atoms with E-state index in [9.17, 15) is 0 Å². The lowest BCUT2D eigenvalue weighted by Crippen LogP contribution is -1.96. The number of nitrogens with two attached hydrogens (primary N) is 1. The molecule has 1 nitrogen and oxygen atoms in total. The van der Waals surface area contributed by atoms with E-state index in [1.807, 2.05) is 11.3 Å². The molecule has 1 aromatic heterocycles. The molecule has 0 spiro atoms. The van der Waals surface area contributed by atoms with Gasteiger partial charge in [0.15, 0.2) is 0 Å². The van der Waals surface area contributed by atoms with E-state index in [-0.39, 0.29) is 0 Å². The highest BCUT2D eigenvalue weighted by Gasteiger charge is 2.07. The van der Waals surface area contributed by atoms with Gasteiger partial charge in [-0.1, -0.05) is 25.1 Å². The van der Waals surface area contributed by atoms with E-state index < -0.39 is 0 Å². The molecule has 0 bridgehead atoms. The molecule has 2 N–H and O–H groups in total. The van der Waals surface area contributed by atoms with Gasteiger partial charge in [-0.2, -0.15) is 0 Å². The first-order valence-corrected chi connectivity index (χ1v) is 5.37. The fourth-order valence-corrected chi connectivity index (χ4v) is 2.88. The van der Waals surface area contributed by atoms with Crippen LogP contribution in [0.15, 0.2) is 24.3 Å². The second kappa shape index (κ2) is 3.48. The number of aryl methyl sites for hydroxylation is 1. The van der Waals surface area contributed by atoms with Crippen LogP contribution in [-0.2, 0) is 13.0 Å². The lowest BCUT2D eigenvalue weighted by atomic mass is 10.1. The summed E-state index contributed by atoms with van der Waals surface area (Å²) in [4.78, 5) is 1.34. The van der Waals surface area contributed by atoms with Gasteiger partial charge in [0.05, 0.1) is 0 Å². The Labute approximate surface area is 82.2 Å². The molecular formula is C11H13NS. The predicted octanol–water partition coefficient (Wildman–Crippen LogP) is 2.92. The molecule has 0 fully saturated rings. The molecule has 1 heterocycles. The van der Waals surface area contributed by atoms with E-state index in [0.29, 0.717) is 6.54 Å². The number of hydrogen-bond donors (Lipinski definition) is 1. The monoisotopic (exact) mass is 191 g/mol. The van der Waals surface area contributed by atoms with Gasteiger partial charge >= 0.3 is 0 Å². The van der Waals surface area contributed by atoms with Crippen LogP contribution < -0.4 is 5.73 Å². The summed E-state index contributed by atoms with van der Waals surface area (Å²) in [6, 6.07) is 8.52. The minimum atomic E-state index is 0.669. The number of rotatable bonds is 2. The van der Waals surface area contributed by atoms with Crippen molar-refractivity contribution in [2.45, 2.75) is 19.9 Å². The number of benzene rings is 1. The van der Waals surface area contributed by atoms with Crippen molar-refractivity contribution in [2.75, 3.05) is 0 Å². The summed E-state index contributed by atoms with van der Waals surface area (Å²) in [6.45, 7) is 2.86. The van der Waals surface area contributed by atoms with Crippen LogP contribution in [0.5, 0.6) is 0 Å². The average Bonchev–Trinajstić information content (AvgIpc) is 2.55. The van der Waals surface area contributed by atoms with E-state index in [1.54, 1.807) is 0 Å². The zero-order valence-electron chi connectivity index (χ0n) is 7.71. The molecule has 0 saturated carbocycles. The lowest BCUT2D eigenvalue weighted by molar-refractivity contribution is 1.05. The second-order valence-corrected chi connectivity index (χ2v) is 4.19. The van der Waals surface area contributed by atoms with Gasteiger partial charge in [-0.15, -0.1) is 11.3 Å². The molecule has 0 amide bonds. The van der Waals surface area contributed by atoms with Crippen molar-refractivity contribution in [1.29, 1.82) is 0 Å². The van der Waals surface area contributed by atoms with E-state index >= 15 is 0 Å². The smallest absolute Gasteiger partial charge is 0.0349 e. The van der Waals surface area contributed by atoms with Crippen LogP contribution in [0.1, 0.15) is 17.4 Å². The maximum atomic E-state index is 5.70. The Hall–Kier alpha value is -0.860. The fourth-order valence-electron chi connectivity index (χ4n) is 1.70. The molecule has 2 heteroatoms. The molecule has 0 aliphatic carbocycles. The molecular weight excluding hydrogens is 178 g/mol. The standard InChI is InChI=1S/C11H13NS/c1-2-8-9-5-3-4-6-10(9)13-11(8)7-12/h3-6H,2,7,12H2,1H3. The first-order valence-electron chi connectivity index (χ1n) is 4.56. The fraction of sp³-hybridized carbons (Fsp3) is 0.273. The Bertz CT molecular complexity index is 417. The van der Waals surface area contributed by atoms with Crippen LogP contribution in [0.4, 0.5) is 0 Å². The number of hydrogen-bond acceptors (Lipinski definition) is 2. The van der Waals surface area contributed by atoms with Crippen LogP contribution in [0, 0.1) is 0 Å². The summed E-state index contributed by atoms with van der Waals surface area (Å²) in [7, 11) is 0. The van der Waals surface area contributed by atoms with Gasteiger partial charge in [-0.3, -0.25) is 0 Å². The third kappa shape index (κ3) is 1.36. The van der Waals surface area contributed by atoms with Crippen LogP contribution >= 0.6 is 11.3 Å². The molecule has 0 saturated heterocycles. The first-order chi connectivity index (χ1) is 6.36. The molecule has 0 aliphatic rings. The van der Waals surface area contributed by atoms with Gasteiger partial charge in [0.1, 0.15) is 0 Å². The van der Waals surface area contributed by atoms with Gasteiger partial charge in [-0.05, 0) is 23.4 Å². The minimum absolute atomic E-state index is 0.669. The molecule has 0 radical (unpaired) electrons. The highest BCUT2D eigenvalue weighted by Crippen LogP contribution is 2.30. The Morgan fingerprint density at radius 3 is 2.77 bits per heavy atom. The highest BCUT2D eigenvalue weighted by atomic mass is 32.1. The third-order valence-electron chi connectivity index (χ3n) is 2.32. The topological polar surface area (TPSA) is 26.0 Å². The molecule has 1 aromatic carbocycles. The molecule has 68 valence electrons. The normalized spacial score (nSPS) is 10.9. The van der Waals surface area contributed by atoms with E-state index in [0.717, 1.165) is 6.42 Å². The van der Waals surface area contributed by atoms with Crippen LogP contribution in [0.3, 0.4) is 0 Å². The van der Waals surface area contributed by atoms with E-state index in [1.165, 1.54) is 20.5 Å². The van der Waals surface area contributed by atoms with Crippen molar-refractivity contribution < 1.29 is 0 Å². The largest absolute Gasteiger partial charge is 0.326 e. The molecule has 0 atom stereocenters. The van der Waals surface area contributed by atoms with Crippen molar-refractivity contribution in [3.63, 3.8) is 0 Å². The summed E-state index contributed by atoms with van der Waals surface area (Å²) < 4.78 is 1.36. The second-order valence-electron chi connectivity index (χ2n) is 3.06. The summed E-state index contributed by atoms with van der Waals surface area (Å²) in [5.74, 6) is 0. The zero-order chi connectivity index (χ0) is 9.26. The average molecular weight is 191 g/mol. The maximum Gasteiger partial charge on any atom is 0.0349 e. The molecule has 0 aliphatic heterocycles. The third-order valence-corrected chi connectivity index (χ3v) is 3.56. The Kier molecular flexibility index (Phi) is 2.34. The van der Waals surface area contributed by atoms with Gasteiger partial charge < -0.3 is 5.73 Å². The quantitative estimate of drug-likeness (QED) is 0.776. The maximum absolute atomic E-state index is 5.70. The van der Waals surface area contributed by atoms with E-state index in [4.69, 9.17) is 5.73 Å². The van der Waals surface area contributed by atoms with Crippen molar-refractivity contribution in [1.82, 2.24) is 0 Å². The summed E-state index contributed by atoms with van der Waals surface area (Å²) in [5.41, 5.74) is 7.13. The van der Waals surface area contributed by atoms with Crippen molar-refractivity contribution in [3.05, 3.63) is 34.7 Å². The zero-order valence-corrected chi connectivity index (χ0v) is 8.53. The van der Waals surface area contributed by atoms with Crippen molar-refractivity contribution in [3.8, 4) is 0 Å². The number of fused-ring (bicyclic) bond motifs is 1. The lowest BCUT2D eigenvalue weighted by Gasteiger charge is -1.96. The summed E-state index contributed by atoms with van der Waals surface area (Å²) in [5, 5.41) is 1.38. The van der Waals surface area contributed by atoms with Gasteiger partial charge in [0.2, 0.25) is 0 Å². The highest BCUT2D eigenvalue weighted by molar-refractivity contribution is 7.19. The Morgan fingerprint density at radius 1 is 1.31 bits per heavy atom. The Balaban J connectivity index is 2.73. The van der Waals surface area contributed by atoms with E-state index in [2.05, 4.69) is 31.2 Å². The van der Waals surface area contributed by atoms with Crippen molar-refractivity contribution in [2.24, 2.45) is 5.73 Å². The SMILES string of the molecule is CCc1c(CN)sc2ccccc12. The first kappa shape index (κ1) is 8.73. The number of thiophene rings is 1. The molecule has 13 heavy (non-hydrogen) atoms. The van der Waals surface area contributed by atoms with Gasteiger partial charge in [-0.25, -0.2) is 0 Å². The molecule has 2 aromatic rings. The van der Waals surface area contributed by atoms with Gasteiger partial charge in [0.25, 0.3) is 0 Å². The van der Waals surface area contributed by atoms with Gasteiger partial charge in [0, 0.05) is 16.1 Å². The summed E-state index contributed by atoms with van der Waals surface area (Å²) >= 11 is 1.82. The predicted molar refractivity (Wildman–Crippen MR) is 59.1 cm³/mol. The summed E-state index contributed by atoms with van der Waals surface area (Å²) in [6.07, 6.45) is 1.08. The van der Waals surface area contributed by atoms with Crippen LogP contribution in [0.2, 0.25) is 0 Å². The molecule has 2 rings (SSSR count). The van der Waals surface area contributed by atoms with Crippen molar-refractivity contribution >= 4 is 21.4 Å². The molecule has 0 unspecified atom stereocenters. The minimum Gasteiger partial charge on any atom is -0.326 e.